The lowest BCUT2D eigenvalue weighted by atomic mass is 9.97. The van der Waals surface area contributed by atoms with Gasteiger partial charge in [-0.05, 0) is 25.7 Å². The van der Waals surface area contributed by atoms with E-state index < -0.39 is 0 Å². The molecule has 0 aliphatic carbocycles. The second-order valence-electron chi connectivity index (χ2n) is 3.46. The highest BCUT2D eigenvalue weighted by Crippen LogP contribution is 2.24. The Bertz CT molecular complexity index is 101. The molecule has 0 aromatic heterocycles. The quantitative estimate of drug-likeness (QED) is 0.621. The first-order valence-corrected chi connectivity index (χ1v) is 4.54. The molecule has 0 saturated carbocycles. The van der Waals surface area contributed by atoms with E-state index in [0.717, 1.165) is 18.0 Å². The molecule has 0 amide bonds. The normalized spacial score (nSPS) is 40.5. The lowest BCUT2D eigenvalue weighted by molar-refractivity contribution is 0.463. The Kier molecular flexibility index (Phi) is 2.72. The van der Waals surface area contributed by atoms with E-state index in [0.29, 0.717) is 0 Å². The Morgan fingerprint density at radius 1 is 1.30 bits per heavy atom. The highest BCUT2D eigenvalue weighted by Gasteiger charge is 2.27. The molecule has 1 N–H and O–H groups in total. The molecular formula is C9H19N. The summed E-state index contributed by atoms with van der Waals surface area (Å²) >= 11 is 0. The number of rotatable bonds is 2. The number of hydrogen-bond donors (Lipinski definition) is 1. The molecule has 0 bridgehead atoms. The molecule has 1 rings (SSSR count). The summed E-state index contributed by atoms with van der Waals surface area (Å²) in [6, 6.07) is 1.56. The van der Waals surface area contributed by atoms with Crippen LogP contribution >= 0.6 is 0 Å². The van der Waals surface area contributed by atoms with Crippen molar-refractivity contribution >= 4 is 0 Å². The van der Waals surface area contributed by atoms with Crippen LogP contribution in [0.15, 0.2) is 0 Å². The van der Waals surface area contributed by atoms with Crippen molar-refractivity contribution in [1.29, 1.82) is 0 Å². The van der Waals surface area contributed by atoms with E-state index in [9.17, 15) is 0 Å². The lowest BCUT2D eigenvalue weighted by Gasteiger charge is -2.10. The average Bonchev–Trinajstić information content (AvgIpc) is 2.30. The Hall–Kier alpha value is -0.0400. The number of hydrogen-bond acceptors (Lipinski definition) is 1. The molecule has 0 radical (unpaired) electrons. The molecule has 1 saturated heterocycles. The molecule has 1 heterocycles. The smallest absolute Gasteiger partial charge is 0.00702 e. The van der Waals surface area contributed by atoms with Crippen LogP contribution in [-0.4, -0.2) is 12.1 Å². The van der Waals surface area contributed by atoms with Crippen LogP contribution in [-0.2, 0) is 0 Å². The minimum atomic E-state index is 0.759. The fourth-order valence-corrected chi connectivity index (χ4v) is 1.95. The van der Waals surface area contributed by atoms with Gasteiger partial charge < -0.3 is 5.32 Å². The topological polar surface area (TPSA) is 12.0 Å². The summed E-state index contributed by atoms with van der Waals surface area (Å²) in [5.41, 5.74) is 0. The summed E-state index contributed by atoms with van der Waals surface area (Å²) in [6.07, 6.45) is 4.03. The van der Waals surface area contributed by atoms with Crippen molar-refractivity contribution in [2.45, 2.75) is 52.1 Å². The van der Waals surface area contributed by atoms with Gasteiger partial charge in [0.15, 0.2) is 0 Å². The summed E-state index contributed by atoms with van der Waals surface area (Å²) in [4.78, 5) is 0. The van der Waals surface area contributed by atoms with Gasteiger partial charge in [-0.2, -0.15) is 0 Å². The second kappa shape index (κ2) is 3.38. The molecule has 3 atom stereocenters. The van der Waals surface area contributed by atoms with E-state index in [1.807, 2.05) is 0 Å². The van der Waals surface area contributed by atoms with Gasteiger partial charge in [0.2, 0.25) is 0 Å². The highest BCUT2D eigenvalue weighted by molar-refractivity contribution is 4.86. The largest absolute Gasteiger partial charge is 0.311 e. The van der Waals surface area contributed by atoms with Gasteiger partial charge in [0, 0.05) is 12.1 Å². The first-order chi connectivity index (χ1) is 4.77. The van der Waals surface area contributed by atoms with Gasteiger partial charge in [-0.3, -0.25) is 0 Å². The molecule has 0 aromatic rings. The lowest BCUT2D eigenvalue weighted by Crippen LogP contribution is -2.27. The van der Waals surface area contributed by atoms with Gasteiger partial charge in [0.1, 0.15) is 0 Å². The van der Waals surface area contributed by atoms with Crippen LogP contribution in [0.3, 0.4) is 0 Å². The van der Waals surface area contributed by atoms with Crippen LogP contribution in [0.4, 0.5) is 0 Å². The van der Waals surface area contributed by atoms with Crippen molar-refractivity contribution in [2.75, 3.05) is 0 Å². The predicted octanol–water partition coefficient (Wildman–Crippen LogP) is 2.17. The van der Waals surface area contributed by atoms with E-state index in [1.165, 1.54) is 19.3 Å². The fourth-order valence-electron chi connectivity index (χ4n) is 1.95. The summed E-state index contributed by atoms with van der Waals surface area (Å²) in [5.74, 6) is 0.935. The summed E-state index contributed by atoms with van der Waals surface area (Å²) in [5, 5.41) is 3.60. The molecular weight excluding hydrogens is 122 g/mol. The van der Waals surface area contributed by atoms with Crippen LogP contribution in [0.25, 0.3) is 0 Å². The van der Waals surface area contributed by atoms with Gasteiger partial charge in [0.05, 0.1) is 0 Å². The monoisotopic (exact) mass is 141 g/mol. The zero-order chi connectivity index (χ0) is 7.56. The first-order valence-electron chi connectivity index (χ1n) is 4.54. The molecule has 3 unspecified atom stereocenters. The number of nitrogens with one attached hydrogen (secondary N) is 1. The van der Waals surface area contributed by atoms with E-state index >= 15 is 0 Å². The van der Waals surface area contributed by atoms with Crippen LogP contribution in [0.5, 0.6) is 0 Å². The fraction of sp³-hybridized carbons (Fsp3) is 1.00. The molecule has 1 aliphatic heterocycles. The van der Waals surface area contributed by atoms with Crippen molar-refractivity contribution in [3.63, 3.8) is 0 Å². The molecule has 10 heavy (non-hydrogen) atoms. The van der Waals surface area contributed by atoms with Gasteiger partial charge in [-0.25, -0.2) is 0 Å². The Balaban J connectivity index is 2.36. The zero-order valence-corrected chi connectivity index (χ0v) is 7.35. The van der Waals surface area contributed by atoms with Crippen molar-refractivity contribution in [3.05, 3.63) is 0 Å². The van der Waals surface area contributed by atoms with E-state index in [2.05, 4.69) is 26.1 Å². The predicted molar refractivity (Wildman–Crippen MR) is 45.1 cm³/mol. The molecule has 0 aromatic carbocycles. The molecule has 1 nitrogen and oxygen atoms in total. The molecule has 1 fully saturated rings. The Morgan fingerprint density at radius 3 is 2.30 bits per heavy atom. The van der Waals surface area contributed by atoms with E-state index in [-0.39, 0.29) is 0 Å². The van der Waals surface area contributed by atoms with Crippen LogP contribution in [0, 0.1) is 5.92 Å². The summed E-state index contributed by atoms with van der Waals surface area (Å²) in [7, 11) is 0. The molecule has 0 spiro atoms. The van der Waals surface area contributed by atoms with Crippen LogP contribution in [0.1, 0.15) is 40.0 Å². The minimum Gasteiger partial charge on any atom is -0.311 e. The third kappa shape index (κ3) is 1.51. The van der Waals surface area contributed by atoms with Gasteiger partial charge in [0.25, 0.3) is 0 Å². The maximum absolute atomic E-state index is 3.60. The third-order valence-electron chi connectivity index (χ3n) is 2.81. The maximum Gasteiger partial charge on any atom is 0.00702 e. The van der Waals surface area contributed by atoms with Crippen molar-refractivity contribution in [2.24, 2.45) is 5.92 Å². The summed E-state index contributed by atoms with van der Waals surface area (Å²) < 4.78 is 0. The average molecular weight is 141 g/mol. The maximum atomic E-state index is 3.60. The highest BCUT2D eigenvalue weighted by atomic mass is 15.0. The van der Waals surface area contributed by atoms with Crippen LogP contribution < -0.4 is 5.32 Å². The molecule has 1 aliphatic rings. The standard InChI is InChI=1S/C9H19N/c1-4-8-6-9(5-2)10-7(8)3/h7-10H,4-6H2,1-3H3. The SMILES string of the molecule is CCC1CC(CC)C(C)N1. The Labute approximate surface area is 64.2 Å². The van der Waals surface area contributed by atoms with Crippen molar-refractivity contribution in [3.8, 4) is 0 Å². The second-order valence-corrected chi connectivity index (χ2v) is 3.46. The van der Waals surface area contributed by atoms with Gasteiger partial charge >= 0.3 is 0 Å². The minimum absolute atomic E-state index is 0.759. The van der Waals surface area contributed by atoms with E-state index in [4.69, 9.17) is 0 Å². The van der Waals surface area contributed by atoms with Crippen LogP contribution in [0.2, 0.25) is 0 Å². The van der Waals surface area contributed by atoms with Gasteiger partial charge in [-0.1, -0.05) is 20.3 Å². The molecule has 1 heteroatoms. The van der Waals surface area contributed by atoms with Crippen molar-refractivity contribution in [1.82, 2.24) is 5.32 Å². The zero-order valence-electron chi connectivity index (χ0n) is 7.35. The van der Waals surface area contributed by atoms with E-state index in [1.54, 1.807) is 0 Å². The Morgan fingerprint density at radius 2 is 2.00 bits per heavy atom. The third-order valence-corrected chi connectivity index (χ3v) is 2.81. The first kappa shape index (κ1) is 8.06. The molecule has 60 valence electrons. The summed E-state index contributed by atoms with van der Waals surface area (Å²) in [6.45, 7) is 6.87. The van der Waals surface area contributed by atoms with Gasteiger partial charge in [-0.15, -0.1) is 0 Å². The van der Waals surface area contributed by atoms with Crippen molar-refractivity contribution < 1.29 is 0 Å².